The van der Waals surface area contributed by atoms with E-state index in [9.17, 15) is 18.9 Å². The maximum atomic E-state index is 13.9. The molecule has 10 heteroatoms. The number of aliphatic hydroxyl groups is 1. The number of carbonyl (C=O) groups is 2. The summed E-state index contributed by atoms with van der Waals surface area (Å²) in [5.74, 6) is -0.209. The number of piperidine rings is 1. The number of rotatable bonds is 3. The molecule has 0 spiro atoms. The average Bonchev–Trinajstić information content (AvgIpc) is 3.13. The SMILES string of the molecule is CN=S(=O)(c1ccc(N)cc1C)C1CCN(C(=O)[C@@H]2C[C@@H](O)CN2C(=O)OC(C)(C)C)CC1. The molecule has 2 aliphatic rings. The molecule has 2 fully saturated rings. The monoisotopic (exact) mass is 480 g/mol. The summed E-state index contributed by atoms with van der Waals surface area (Å²) in [4.78, 5) is 29.6. The van der Waals surface area contributed by atoms with Crippen molar-refractivity contribution < 1.29 is 23.6 Å². The van der Waals surface area contributed by atoms with E-state index in [4.69, 9.17) is 10.5 Å². The van der Waals surface area contributed by atoms with Crippen LogP contribution < -0.4 is 5.73 Å². The number of likely N-dealkylation sites (tertiary alicyclic amines) is 2. The smallest absolute Gasteiger partial charge is 0.411 e. The van der Waals surface area contributed by atoms with Gasteiger partial charge < -0.3 is 20.5 Å². The molecule has 0 radical (unpaired) electrons. The lowest BCUT2D eigenvalue weighted by Crippen LogP contribution is -2.51. The third kappa shape index (κ3) is 5.43. The van der Waals surface area contributed by atoms with Crippen LogP contribution in [0.3, 0.4) is 0 Å². The second kappa shape index (κ2) is 9.50. The van der Waals surface area contributed by atoms with E-state index in [1.165, 1.54) is 4.90 Å². The van der Waals surface area contributed by atoms with Crippen molar-refractivity contribution in [1.82, 2.24) is 9.80 Å². The molecule has 2 amide bonds. The number of hydrogen-bond acceptors (Lipinski definition) is 7. The van der Waals surface area contributed by atoms with Gasteiger partial charge in [0.05, 0.1) is 32.5 Å². The minimum atomic E-state index is -2.67. The van der Waals surface area contributed by atoms with Crippen LogP contribution in [-0.4, -0.2) is 80.8 Å². The third-order valence-corrected chi connectivity index (χ3v) is 9.19. The summed E-state index contributed by atoms with van der Waals surface area (Å²) in [5.41, 5.74) is 6.62. The van der Waals surface area contributed by atoms with Crippen LogP contribution in [0.4, 0.5) is 10.5 Å². The van der Waals surface area contributed by atoms with Gasteiger partial charge in [0, 0.05) is 32.2 Å². The molecular formula is C23H36N4O5S. The summed E-state index contributed by atoms with van der Waals surface area (Å²) in [6.45, 7) is 8.07. The Morgan fingerprint density at radius 1 is 1.24 bits per heavy atom. The van der Waals surface area contributed by atoms with E-state index in [0.29, 0.717) is 36.5 Å². The van der Waals surface area contributed by atoms with Crippen molar-refractivity contribution in [3.8, 4) is 0 Å². The molecule has 1 unspecified atom stereocenters. The first-order valence-electron chi connectivity index (χ1n) is 11.3. The standard InChI is InChI=1S/C23H36N4O5S/c1-15-12-16(24)6-7-20(15)33(31,25-5)18-8-10-26(11-9-18)21(29)19-13-17(28)14-27(19)22(30)32-23(2,3)4/h6-7,12,17-19,28H,8-11,13-14,24H2,1-5H3/t17-,19+,33?/m1/s1. The van der Waals surface area contributed by atoms with Crippen LogP contribution in [0.15, 0.2) is 27.5 Å². The number of amides is 2. The number of nitrogens with two attached hydrogens (primary N) is 1. The van der Waals surface area contributed by atoms with E-state index in [1.54, 1.807) is 50.9 Å². The summed E-state index contributed by atoms with van der Waals surface area (Å²) >= 11 is 0. The Morgan fingerprint density at radius 3 is 2.42 bits per heavy atom. The van der Waals surface area contributed by atoms with E-state index >= 15 is 0 Å². The van der Waals surface area contributed by atoms with Gasteiger partial charge in [-0.1, -0.05) is 0 Å². The van der Waals surface area contributed by atoms with Crippen molar-refractivity contribution in [1.29, 1.82) is 0 Å². The molecule has 3 rings (SSSR count). The van der Waals surface area contributed by atoms with Gasteiger partial charge in [-0.3, -0.25) is 9.69 Å². The summed E-state index contributed by atoms with van der Waals surface area (Å²) < 4.78 is 23.6. The molecule has 9 nitrogen and oxygen atoms in total. The number of ether oxygens (including phenoxy) is 1. The summed E-state index contributed by atoms with van der Waals surface area (Å²) in [6.07, 6.45) is -0.112. The van der Waals surface area contributed by atoms with Crippen molar-refractivity contribution in [2.75, 3.05) is 32.4 Å². The number of aryl methyl sites for hydroxylation is 1. The first-order valence-corrected chi connectivity index (χ1v) is 12.9. The zero-order valence-electron chi connectivity index (χ0n) is 20.1. The van der Waals surface area contributed by atoms with E-state index in [2.05, 4.69) is 4.36 Å². The highest BCUT2D eigenvalue weighted by Gasteiger charge is 2.43. The quantitative estimate of drug-likeness (QED) is 0.640. The Labute approximate surface area is 196 Å². The molecule has 3 atom stereocenters. The fraction of sp³-hybridized carbons (Fsp3) is 0.652. The van der Waals surface area contributed by atoms with Crippen LogP contribution in [-0.2, 0) is 19.3 Å². The fourth-order valence-corrected chi connectivity index (χ4v) is 7.09. The Bertz CT molecular complexity index is 1020. The van der Waals surface area contributed by atoms with Crippen LogP contribution >= 0.6 is 0 Å². The summed E-state index contributed by atoms with van der Waals surface area (Å²) in [6, 6.07) is 4.57. The molecule has 184 valence electrons. The van der Waals surface area contributed by atoms with Crippen molar-refractivity contribution in [3.05, 3.63) is 23.8 Å². The summed E-state index contributed by atoms with van der Waals surface area (Å²) in [7, 11) is -1.09. The lowest BCUT2D eigenvalue weighted by Gasteiger charge is -2.36. The number of nitrogens with zero attached hydrogens (tertiary/aromatic N) is 3. The van der Waals surface area contributed by atoms with Crippen LogP contribution in [0.1, 0.15) is 45.6 Å². The highest BCUT2D eigenvalue weighted by Crippen LogP contribution is 2.31. The molecule has 0 bridgehead atoms. The molecule has 1 aromatic rings. The molecule has 33 heavy (non-hydrogen) atoms. The van der Waals surface area contributed by atoms with E-state index in [-0.39, 0.29) is 24.1 Å². The van der Waals surface area contributed by atoms with Gasteiger partial charge in [-0.15, -0.1) is 0 Å². The highest BCUT2D eigenvalue weighted by molar-refractivity contribution is 7.94. The number of aliphatic hydroxyl groups excluding tert-OH is 1. The van der Waals surface area contributed by atoms with Crippen molar-refractivity contribution in [2.45, 2.75) is 74.8 Å². The third-order valence-electron chi connectivity index (χ3n) is 6.18. The van der Waals surface area contributed by atoms with Crippen LogP contribution in [0.25, 0.3) is 0 Å². The lowest BCUT2D eigenvalue weighted by atomic mass is 10.1. The largest absolute Gasteiger partial charge is 0.444 e. The van der Waals surface area contributed by atoms with Gasteiger partial charge in [-0.2, -0.15) is 0 Å². The lowest BCUT2D eigenvalue weighted by molar-refractivity contribution is -0.136. The first-order chi connectivity index (χ1) is 15.4. The van der Waals surface area contributed by atoms with Crippen molar-refractivity contribution >= 4 is 27.4 Å². The highest BCUT2D eigenvalue weighted by atomic mass is 32.2. The van der Waals surface area contributed by atoms with Gasteiger partial charge in [0.15, 0.2) is 0 Å². The molecule has 2 aliphatic heterocycles. The minimum absolute atomic E-state index is 0.0702. The molecule has 0 saturated carbocycles. The maximum Gasteiger partial charge on any atom is 0.411 e. The maximum absolute atomic E-state index is 13.9. The van der Waals surface area contributed by atoms with Gasteiger partial charge in [-0.25, -0.2) is 13.4 Å². The number of benzene rings is 1. The second-order valence-corrected chi connectivity index (χ2v) is 12.4. The molecule has 1 aromatic carbocycles. The van der Waals surface area contributed by atoms with Crippen LogP contribution in [0.2, 0.25) is 0 Å². The molecule has 2 heterocycles. The van der Waals surface area contributed by atoms with Gasteiger partial charge >= 0.3 is 6.09 Å². The number of hydrogen-bond donors (Lipinski definition) is 2. The molecular weight excluding hydrogens is 444 g/mol. The molecule has 0 aliphatic carbocycles. The van der Waals surface area contributed by atoms with E-state index in [1.807, 2.05) is 6.92 Å². The zero-order valence-corrected chi connectivity index (χ0v) is 20.9. The number of nitrogen functional groups attached to an aromatic ring is 1. The molecule has 3 N–H and O–H groups in total. The van der Waals surface area contributed by atoms with Crippen LogP contribution in [0, 0.1) is 6.92 Å². The van der Waals surface area contributed by atoms with Gasteiger partial charge in [-0.05, 0) is 64.3 Å². The Morgan fingerprint density at radius 2 is 1.88 bits per heavy atom. The van der Waals surface area contributed by atoms with E-state index < -0.39 is 33.6 Å². The fourth-order valence-electron chi connectivity index (χ4n) is 4.60. The Balaban J connectivity index is 1.71. The van der Waals surface area contributed by atoms with Crippen molar-refractivity contribution in [3.63, 3.8) is 0 Å². The molecule has 0 aromatic heterocycles. The Kier molecular flexibility index (Phi) is 7.28. The normalized spacial score (nSPS) is 23.8. The van der Waals surface area contributed by atoms with Gasteiger partial charge in [0.25, 0.3) is 0 Å². The predicted molar refractivity (Wildman–Crippen MR) is 127 cm³/mol. The Hall–Kier alpha value is -2.33. The summed E-state index contributed by atoms with van der Waals surface area (Å²) in [5, 5.41) is 9.95. The van der Waals surface area contributed by atoms with Gasteiger partial charge in [0.1, 0.15) is 11.6 Å². The average molecular weight is 481 g/mol. The first kappa shape index (κ1) is 25.3. The van der Waals surface area contributed by atoms with Crippen LogP contribution in [0.5, 0.6) is 0 Å². The molecule has 2 saturated heterocycles. The predicted octanol–water partition coefficient (Wildman–Crippen LogP) is 2.40. The van der Waals surface area contributed by atoms with Crippen molar-refractivity contribution in [2.24, 2.45) is 4.36 Å². The zero-order chi connectivity index (χ0) is 24.6. The number of β-amino-alcohol motifs (C(OH)–C–C–N with tert-alkyl or cyclic N) is 1. The topological polar surface area (TPSA) is 126 Å². The number of carbonyl (C=O) groups excluding carboxylic acids is 2. The van der Waals surface area contributed by atoms with E-state index in [0.717, 1.165) is 5.56 Å². The van der Waals surface area contributed by atoms with Gasteiger partial charge in [0.2, 0.25) is 5.91 Å². The minimum Gasteiger partial charge on any atom is -0.444 e. The second-order valence-electron chi connectivity index (χ2n) is 9.84. The number of anilines is 1.